The summed E-state index contributed by atoms with van der Waals surface area (Å²) in [5.74, 6) is 0.0257. The number of hydrogen-bond donors (Lipinski definition) is 1. The largest absolute Gasteiger partial charge is 0.348 e. The molecule has 0 aromatic heterocycles. The highest BCUT2D eigenvalue weighted by atomic mass is 16.2. The lowest BCUT2D eigenvalue weighted by atomic mass is 10.0. The highest BCUT2D eigenvalue weighted by Crippen LogP contribution is 2.24. The number of carbonyl (C=O) groups excluding carboxylic acids is 2. The Kier molecular flexibility index (Phi) is 10.0. The fourth-order valence-corrected chi connectivity index (χ4v) is 3.55. The van der Waals surface area contributed by atoms with Gasteiger partial charge in [0.1, 0.15) is 6.04 Å². The minimum atomic E-state index is -0.445. The maximum atomic E-state index is 12.9. The van der Waals surface area contributed by atoms with Crippen LogP contribution in [0.3, 0.4) is 0 Å². The molecule has 2 amide bonds. The lowest BCUT2D eigenvalue weighted by Gasteiger charge is -2.35. The average molecular weight is 361 g/mol. The van der Waals surface area contributed by atoms with Gasteiger partial charge in [0.2, 0.25) is 11.8 Å². The molecule has 1 fully saturated rings. The van der Waals surface area contributed by atoms with E-state index in [4.69, 9.17) is 0 Å². The number of allylic oxidation sites excluding steroid dienone is 3. The number of nitrogens with one attached hydrogen (secondary N) is 1. The van der Waals surface area contributed by atoms with E-state index in [1.54, 1.807) is 6.08 Å². The summed E-state index contributed by atoms with van der Waals surface area (Å²) in [6, 6.07) is -0.397. The van der Waals surface area contributed by atoms with E-state index in [-0.39, 0.29) is 23.9 Å². The number of likely N-dealkylation sites (tertiary alicyclic amines) is 1. The Bertz CT molecular complexity index is 536. The zero-order valence-electron chi connectivity index (χ0n) is 17.0. The van der Waals surface area contributed by atoms with Crippen LogP contribution in [0.1, 0.15) is 72.6 Å². The first kappa shape index (κ1) is 22.2. The van der Waals surface area contributed by atoms with Crippen molar-refractivity contribution < 1.29 is 9.59 Å². The molecular weight excluding hydrogens is 324 g/mol. The lowest BCUT2D eigenvalue weighted by Crippen LogP contribution is -2.53. The summed E-state index contributed by atoms with van der Waals surface area (Å²) in [6.45, 7) is 11.8. The number of carbonyl (C=O) groups is 2. The number of hydrogen-bond acceptors (Lipinski definition) is 2. The molecule has 1 aliphatic heterocycles. The highest BCUT2D eigenvalue weighted by Gasteiger charge is 2.33. The summed E-state index contributed by atoms with van der Waals surface area (Å²) in [4.78, 5) is 27.3. The van der Waals surface area contributed by atoms with Crippen LogP contribution in [-0.2, 0) is 9.59 Å². The van der Waals surface area contributed by atoms with Crippen molar-refractivity contribution >= 4 is 11.8 Å². The van der Waals surface area contributed by atoms with Gasteiger partial charge in [0.25, 0.3) is 0 Å². The molecule has 26 heavy (non-hydrogen) atoms. The van der Waals surface area contributed by atoms with E-state index < -0.39 is 6.04 Å². The van der Waals surface area contributed by atoms with Crippen molar-refractivity contribution in [3.63, 3.8) is 0 Å². The molecule has 1 heterocycles. The number of nitrogens with zero attached hydrogens (tertiary/aromatic N) is 1. The Labute approximate surface area is 159 Å². The fraction of sp³-hybridized carbons (Fsp3) is 0.636. The van der Waals surface area contributed by atoms with E-state index in [1.807, 2.05) is 30.9 Å². The van der Waals surface area contributed by atoms with Gasteiger partial charge in [0, 0.05) is 12.5 Å². The van der Waals surface area contributed by atoms with Crippen LogP contribution in [0.4, 0.5) is 0 Å². The monoisotopic (exact) mass is 360 g/mol. The van der Waals surface area contributed by atoms with Crippen LogP contribution >= 0.6 is 0 Å². The Morgan fingerprint density at radius 3 is 2.69 bits per heavy atom. The van der Waals surface area contributed by atoms with Gasteiger partial charge in [-0.3, -0.25) is 9.59 Å². The van der Waals surface area contributed by atoms with Crippen LogP contribution < -0.4 is 5.32 Å². The van der Waals surface area contributed by atoms with Gasteiger partial charge in [0.05, 0.1) is 6.04 Å². The Morgan fingerprint density at radius 2 is 2.08 bits per heavy atom. The van der Waals surface area contributed by atoms with Crippen molar-refractivity contribution in [1.82, 2.24) is 10.2 Å². The van der Waals surface area contributed by atoms with Crippen LogP contribution in [-0.4, -0.2) is 34.8 Å². The normalized spacial score (nSPS) is 21.4. The van der Waals surface area contributed by atoms with Crippen LogP contribution in [0.5, 0.6) is 0 Å². The van der Waals surface area contributed by atoms with Crippen LogP contribution in [0.2, 0.25) is 0 Å². The van der Waals surface area contributed by atoms with Gasteiger partial charge in [-0.15, -0.1) is 0 Å². The van der Waals surface area contributed by atoms with E-state index in [0.29, 0.717) is 6.42 Å². The molecule has 0 aromatic carbocycles. The topological polar surface area (TPSA) is 49.4 Å². The summed E-state index contributed by atoms with van der Waals surface area (Å²) in [5, 5.41) is 3.07. The van der Waals surface area contributed by atoms with E-state index in [0.717, 1.165) is 44.1 Å². The molecule has 0 aromatic rings. The second-order valence-corrected chi connectivity index (χ2v) is 7.11. The summed E-state index contributed by atoms with van der Waals surface area (Å²) >= 11 is 0. The molecule has 146 valence electrons. The molecule has 4 nitrogen and oxygen atoms in total. The molecule has 1 saturated heterocycles. The van der Waals surface area contributed by atoms with Crippen LogP contribution in [0, 0.1) is 0 Å². The minimum absolute atomic E-state index is 0.0892. The first-order valence-electron chi connectivity index (χ1n) is 10.1. The predicted molar refractivity (Wildman–Crippen MR) is 109 cm³/mol. The van der Waals surface area contributed by atoms with Gasteiger partial charge in [-0.2, -0.15) is 0 Å². The zero-order chi connectivity index (χ0) is 19.5. The second kappa shape index (κ2) is 11.7. The fourth-order valence-electron chi connectivity index (χ4n) is 3.55. The molecule has 0 bridgehead atoms. The molecule has 1 N–H and O–H groups in total. The Hall–Kier alpha value is -1.84. The van der Waals surface area contributed by atoms with E-state index >= 15 is 0 Å². The molecule has 1 aliphatic rings. The second-order valence-electron chi connectivity index (χ2n) is 7.11. The summed E-state index contributed by atoms with van der Waals surface area (Å²) in [7, 11) is 0. The molecule has 0 spiro atoms. The highest BCUT2D eigenvalue weighted by molar-refractivity contribution is 5.88. The molecule has 3 unspecified atom stereocenters. The van der Waals surface area contributed by atoms with Crippen molar-refractivity contribution in [2.24, 2.45) is 0 Å². The van der Waals surface area contributed by atoms with Crippen molar-refractivity contribution in [1.29, 1.82) is 0 Å². The molecule has 0 aliphatic carbocycles. The summed E-state index contributed by atoms with van der Waals surface area (Å²) in [6.07, 6.45) is 14.2. The van der Waals surface area contributed by atoms with Gasteiger partial charge in [-0.05, 0) is 45.1 Å². The van der Waals surface area contributed by atoms with E-state index in [9.17, 15) is 9.59 Å². The smallest absolute Gasteiger partial charge is 0.243 e. The first-order valence-corrected chi connectivity index (χ1v) is 10.1. The third-order valence-corrected chi connectivity index (χ3v) is 4.99. The lowest BCUT2D eigenvalue weighted by molar-refractivity contribution is -0.142. The first-order chi connectivity index (χ1) is 12.5. The zero-order valence-corrected chi connectivity index (χ0v) is 17.0. The number of amides is 2. The van der Waals surface area contributed by atoms with E-state index in [1.165, 1.54) is 0 Å². The summed E-state index contributed by atoms with van der Waals surface area (Å²) < 4.78 is 0. The van der Waals surface area contributed by atoms with Gasteiger partial charge >= 0.3 is 0 Å². The molecule has 0 saturated carbocycles. The molecular formula is C22H36N2O2. The van der Waals surface area contributed by atoms with Gasteiger partial charge in [-0.1, -0.05) is 57.6 Å². The van der Waals surface area contributed by atoms with E-state index in [2.05, 4.69) is 31.8 Å². The van der Waals surface area contributed by atoms with Crippen molar-refractivity contribution in [3.05, 3.63) is 36.5 Å². The SMILES string of the molecule is C=C/C=C(\C=C/CC)C(C)NC(=O)C(C)N1C(=O)CCCCC1CCC. The van der Waals surface area contributed by atoms with Crippen molar-refractivity contribution in [2.45, 2.75) is 90.8 Å². The van der Waals surface area contributed by atoms with Gasteiger partial charge < -0.3 is 10.2 Å². The van der Waals surface area contributed by atoms with Gasteiger partial charge in [0.15, 0.2) is 0 Å². The Morgan fingerprint density at radius 1 is 1.35 bits per heavy atom. The molecule has 0 radical (unpaired) electrons. The maximum absolute atomic E-state index is 12.9. The standard InChI is InChI=1S/C22H36N2O2/c1-6-9-14-19(12-7-2)17(4)23-22(26)18(5)24-20(13-8-3)15-10-11-16-21(24)25/h7,9,12,14,17-18,20H,2,6,8,10-11,13,15-16H2,1,3-5H3,(H,23,26)/b14-9-,19-12+. The number of rotatable bonds is 9. The third kappa shape index (κ3) is 6.47. The molecule has 1 rings (SSSR count). The van der Waals surface area contributed by atoms with Crippen molar-refractivity contribution in [2.75, 3.05) is 0 Å². The summed E-state index contributed by atoms with van der Waals surface area (Å²) in [5.41, 5.74) is 1.01. The quantitative estimate of drug-likeness (QED) is 0.614. The van der Waals surface area contributed by atoms with Crippen molar-refractivity contribution in [3.8, 4) is 0 Å². The van der Waals surface area contributed by atoms with Crippen LogP contribution in [0.25, 0.3) is 0 Å². The molecule has 4 heteroatoms. The average Bonchev–Trinajstić information content (AvgIpc) is 2.79. The minimum Gasteiger partial charge on any atom is -0.348 e. The van der Waals surface area contributed by atoms with Gasteiger partial charge in [-0.25, -0.2) is 0 Å². The van der Waals surface area contributed by atoms with Crippen LogP contribution in [0.15, 0.2) is 36.5 Å². The molecule has 3 atom stereocenters. The third-order valence-electron chi connectivity index (χ3n) is 4.99. The Balaban J connectivity index is 2.88. The maximum Gasteiger partial charge on any atom is 0.243 e. The predicted octanol–water partition coefficient (Wildman–Crippen LogP) is 4.53.